The van der Waals surface area contributed by atoms with E-state index in [1.54, 1.807) is 19.1 Å². The molecule has 9 nitrogen and oxygen atoms in total. The quantitative estimate of drug-likeness (QED) is 0.405. The molecule has 0 bridgehead atoms. The number of urea groups is 1. The first-order valence-electron chi connectivity index (χ1n) is 8.89. The second kappa shape index (κ2) is 8.91. The van der Waals surface area contributed by atoms with Crippen molar-refractivity contribution in [2.75, 3.05) is 20.8 Å². The van der Waals surface area contributed by atoms with E-state index in [4.69, 9.17) is 25.5 Å². The summed E-state index contributed by atoms with van der Waals surface area (Å²) in [5, 5.41) is 2.89. The summed E-state index contributed by atoms with van der Waals surface area (Å²) in [4.78, 5) is 37.5. The van der Waals surface area contributed by atoms with Crippen molar-refractivity contribution in [2.45, 2.75) is 13.5 Å². The predicted molar refractivity (Wildman–Crippen MR) is 106 cm³/mol. The Balaban J connectivity index is 1.87. The maximum absolute atomic E-state index is 12.8. The number of methoxy groups -OCH3 is 2. The van der Waals surface area contributed by atoms with E-state index in [1.165, 1.54) is 32.4 Å². The van der Waals surface area contributed by atoms with Crippen LogP contribution in [0.4, 0.5) is 4.79 Å². The Morgan fingerprint density at radius 2 is 2.03 bits per heavy atom. The van der Waals surface area contributed by atoms with Crippen molar-refractivity contribution in [3.05, 3.63) is 52.1 Å². The summed E-state index contributed by atoms with van der Waals surface area (Å²) in [6.45, 7) is 2.01. The third-order valence-corrected chi connectivity index (χ3v) is 4.40. The minimum absolute atomic E-state index is 0.0253. The van der Waals surface area contributed by atoms with E-state index in [0.29, 0.717) is 28.7 Å². The van der Waals surface area contributed by atoms with Crippen LogP contribution in [-0.2, 0) is 16.1 Å². The van der Waals surface area contributed by atoms with Crippen molar-refractivity contribution in [1.82, 2.24) is 10.2 Å². The molecule has 1 saturated heterocycles. The van der Waals surface area contributed by atoms with E-state index >= 15 is 0 Å². The largest absolute Gasteiger partial charge is 0.493 e. The number of hydrogen-bond acceptors (Lipinski definition) is 7. The van der Waals surface area contributed by atoms with Gasteiger partial charge in [-0.15, -0.1) is 0 Å². The van der Waals surface area contributed by atoms with E-state index in [2.05, 4.69) is 10.1 Å². The number of esters is 1. The molecule has 0 unspecified atom stereocenters. The van der Waals surface area contributed by atoms with Gasteiger partial charge in [0.1, 0.15) is 11.5 Å². The van der Waals surface area contributed by atoms with Crippen LogP contribution in [0.1, 0.15) is 28.8 Å². The van der Waals surface area contributed by atoms with Gasteiger partial charge in [-0.25, -0.2) is 9.59 Å². The molecule has 0 radical (unpaired) electrons. The number of ether oxygens (including phenoxy) is 3. The Labute approximate surface area is 177 Å². The smallest absolute Gasteiger partial charge is 0.373 e. The lowest BCUT2D eigenvalue weighted by atomic mass is 10.1. The van der Waals surface area contributed by atoms with Crippen LogP contribution in [0.2, 0.25) is 5.02 Å². The van der Waals surface area contributed by atoms with Crippen LogP contribution in [0.3, 0.4) is 0 Å². The monoisotopic (exact) mass is 434 g/mol. The van der Waals surface area contributed by atoms with Crippen LogP contribution in [0.5, 0.6) is 11.5 Å². The third kappa shape index (κ3) is 4.25. The lowest BCUT2D eigenvalue weighted by molar-refractivity contribution is -0.123. The number of benzene rings is 1. The second-order valence-corrected chi connectivity index (χ2v) is 6.53. The molecule has 0 atom stereocenters. The minimum Gasteiger partial charge on any atom is -0.493 e. The number of carbonyl (C=O) groups excluding carboxylic acids is 3. The van der Waals surface area contributed by atoms with Crippen molar-refractivity contribution in [2.24, 2.45) is 0 Å². The summed E-state index contributed by atoms with van der Waals surface area (Å²) >= 11 is 6.13. The highest BCUT2D eigenvalue weighted by Crippen LogP contribution is 2.36. The standard InChI is InChI=1S/C20H19ClN2O7/c1-4-29-17-11(7-12(21)9-16(17)27-2)8-14-18(24)23(20(26)22-14)10-13-5-6-15(30-13)19(25)28-3/h5-9H,4,10H2,1-3H3,(H,22,26)/b14-8+. The van der Waals surface area contributed by atoms with Crippen LogP contribution in [0.15, 0.2) is 34.4 Å². The Bertz CT molecular complexity index is 1030. The van der Waals surface area contributed by atoms with Gasteiger partial charge in [0.2, 0.25) is 5.76 Å². The fourth-order valence-electron chi connectivity index (χ4n) is 2.85. The number of nitrogens with zero attached hydrogens (tertiary/aromatic N) is 1. The highest BCUT2D eigenvalue weighted by Gasteiger charge is 2.34. The van der Waals surface area contributed by atoms with E-state index in [-0.39, 0.29) is 23.8 Å². The lowest BCUT2D eigenvalue weighted by Gasteiger charge is -2.13. The zero-order valence-corrected chi connectivity index (χ0v) is 17.2. The van der Waals surface area contributed by atoms with Crippen LogP contribution in [0.25, 0.3) is 6.08 Å². The van der Waals surface area contributed by atoms with Gasteiger partial charge in [-0.3, -0.25) is 9.69 Å². The number of halogens is 1. The lowest BCUT2D eigenvalue weighted by Crippen LogP contribution is -2.30. The van der Waals surface area contributed by atoms with Crippen LogP contribution < -0.4 is 14.8 Å². The van der Waals surface area contributed by atoms with E-state index < -0.39 is 17.9 Å². The van der Waals surface area contributed by atoms with Gasteiger partial charge in [0.25, 0.3) is 5.91 Å². The molecule has 158 valence electrons. The Morgan fingerprint density at radius 1 is 1.27 bits per heavy atom. The summed E-state index contributed by atoms with van der Waals surface area (Å²) in [6.07, 6.45) is 1.46. The van der Waals surface area contributed by atoms with Crippen LogP contribution in [-0.4, -0.2) is 43.6 Å². The summed E-state index contributed by atoms with van der Waals surface area (Å²) in [5.41, 5.74) is 0.502. The Kier molecular flexibility index (Phi) is 6.31. The molecule has 3 rings (SSSR count). The molecule has 1 N–H and O–H groups in total. The summed E-state index contributed by atoms with van der Waals surface area (Å²) < 4.78 is 20.8. The van der Waals surface area contributed by atoms with Crippen LogP contribution >= 0.6 is 11.6 Å². The number of imide groups is 1. The van der Waals surface area contributed by atoms with E-state index in [1.807, 2.05) is 0 Å². The number of amides is 3. The molecular weight excluding hydrogens is 416 g/mol. The first-order chi connectivity index (χ1) is 14.4. The zero-order chi connectivity index (χ0) is 21.8. The van der Waals surface area contributed by atoms with Gasteiger partial charge >= 0.3 is 12.0 Å². The normalized spacial score (nSPS) is 14.8. The summed E-state index contributed by atoms with van der Waals surface area (Å²) in [5.74, 6) is -0.209. The number of furan rings is 1. The molecule has 1 aromatic carbocycles. The summed E-state index contributed by atoms with van der Waals surface area (Å²) in [6, 6.07) is 5.45. The second-order valence-electron chi connectivity index (χ2n) is 6.10. The molecule has 30 heavy (non-hydrogen) atoms. The topological polar surface area (TPSA) is 107 Å². The predicted octanol–water partition coefficient (Wildman–Crippen LogP) is 3.22. The Hall–Kier alpha value is -3.46. The average Bonchev–Trinajstić information content (AvgIpc) is 3.29. The Morgan fingerprint density at radius 3 is 2.70 bits per heavy atom. The van der Waals surface area contributed by atoms with E-state index in [9.17, 15) is 14.4 Å². The van der Waals surface area contributed by atoms with Crippen LogP contribution in [0, 0.1) is 0 Å². The molecule has 2 heterocycles. The molecule has 1 fully saturated rings. The zero-order valence-electron chi connectivity index (χ0n) is 16.5. The number of hydrogen-bond donors (Lipinski definition) is 1. The maximum atomic E-state index is 12.8. The molecule has 2 aromatic rings. The van der Waals surface area contributed by atoms with Gasteiger partial charge in [0.05, 0.1) is 27.4 Å². The molecule has 0 saturated carbocycles. The van der Waals surface area contributed by atoms with Gasteiger partial charge in [-0.1, -0.05) is 11.6 Å². The first-order valence-corrected chi connectivity index (χ1v) is 9.27. The summed E-state index contributed by atoms with van der Waals surface area (Å²) in [7, 11) is 2.70. The fraction of sp³-hybridized carbons (Fsp3) is 0.250. The number of nitrogens with one attached hydrogen (secondary N) is 1. The molecule has 1 aromatic heterocycles. The molecule has 3 amide bonds. The molecular formula is C20H19ClN2O7. The molecule has 10 heteroatoms. The third-order valence-electron chi connectivity index (χ3n) is 4.18. The van der Waals surface area contributed by atoms with Gasteiger partial charge in [0.15, 0.2) is 11.5 Å². The van der Waals surface area contributed by atoms with Crippen molar-refractivity contribution in [3.63, 3.8) is 0 Å². The molecule has 1 aliphatic rings. The van der Waals surface area contributed by atoms with Gasteiger partial charge in [0, 0.05) is 16.7 Å². The minimum atomic E-state index is -0.655. The molecule has 1 aliphatic heterocycles. The van der Waals surface area contributed by atoms with Gasteiger partial charge < -0.3 is 23.9 Å². The van der Waals surface area contributed by atoms with Crippen molar-refractivity contribution >= 4 is 35.6 Å². The first kappa shape index (κ1) is 21.3. The van der Waals surface area contributed by atoms with Crippen molar-refractivity contribution in [3.8, 4) is 11.5 Å². The maximum Gasteiger partial charge on any atom is 0.373 e. The highest BCUT2D eigenvalue weighted by atomic mass is 35.5. The van der Waals surface area contributed by atoms with Gasteiger partial charge in [-0.2, -0.15) is 0 Å². The van der Waals surface area contributed by atoms with Crippen molar-refractivity contribution in [1.29, 1.82) is 0 Å². The van der Waals surface area contributed by atoms with Crippen molar-refractivity contribution < 1.29 is 33.0 Å². The number of rotatable bonds is 7. The van der Waals surface area contributed by atoms with E-state index in [0.717, 1.165) is 4.90 Å². The number of carbonyl (C=O) groups is 3. The SMILES string of the molecule is CCOc1c(/C=C2/NC(=O)N(Cc3ccc(C(=O)OC)o3)C2=O)cc(Cl)cc1OC. The molecule has 0 aliphatic carbocycles. The molecule has 0 spiro atoms. The fourth-order valence-corrected chi connectivity index (χ4v) is 3.06. The average molecular weight is 435 g/mol. The highest BCUT2D eigenvalue weighted by molar-refractivity contribution is 6.31. The van der Waals surface area contributed by atoms with Gasteiger partial charge in [-0.05, 0) is 31.2 Å².